The summed E-state index contributed by atoms with van der Waals surface area (Å²) in [5.74, 6) is -0.265. The van der Waals surface area contributed by atoms with Gasteiger partial charge in [0.15, 0.2) is 0 Å². The van der Waals surface area contributed by atoms with Gasteiger partial charge in [-0.15, -0.1) is 0 Å². The van der Waals surface area contributed by atoms with Crippen LogP contribution in [0.15, 0.2) is 77.0 Å². The number of amides is 1. The van der Waals surface area contributed by atoms with Crippen molar-refractivity contribution in [2.75, 3.05) is 0 Å². The van der Waals surface area contributed by atoms with E-state index in [0.29, 0.717) is 11.3 Å². The fourth-order valence-electron chi connectivity index (χ4n) is 2.92. The Balaban J connectivity index is 1.46. The number of sulfone groups is 1. The Morgan fingerprint density at radius 1 is 1.10 bits per heavy atom. The van der Waals surface area contributed by atoms with Crippen molar-refractivity contribution in [1.29, 1.82) is 0 Å². The average molecular weight is 424 g/mol. The number of aromatic nitrogens is 3. The molecule has 0 aliphatic rings. The number of imidazole rings is 1. The molecule has 0 atom stereocenters. The first-order chi connectivity index (χ1) is 14.3. The number of nitrogens with zero attached hydrogens (tertiary/aromatic N) is 3. The summed E-state index contributed by atoms with van der Waals surface area (Å²) in [5, 5.41) is 2.77. The molecule has 0 bridgehead atoms. The van der Waals surface area contributed by atoms with Crippen LogP contribution < -0.4 is 5.32 Å². The van der Waals surface area contributed by atoms with Crippen molar-refractivity contribution in [2.24, 2.45) is 0 Å². The Labute approximate surface area is 172 Å². The van der Waals surface area contributed by atoms with Gasteiger partial charge in [0.1, 0.15) is 5.82 Å². The largest absolute Gasteiger partial charge is 0.348 e. The lowest BCUT2D eigenvalue weighted by Gasteiger charge is -2.09. The molecule has 1 amide bonds. The highest BCUT2D eigenvalue weighted by atomic mass is 32.2. The molecule has 4 rings (SSSR count). The predicted octanol–water partition coefficient (Wildman–Crippen LogP) is 2.94. The van der Waals surface area contributed by atoms with E-state index in [9.17, 15) is 17.6 Å². The van der Waals surface area contributed by atoms with Gasteiger partial charge in [0.25, 0.3) is 5.91 Å². The topological polar surface area (TPSA) is 93.4 Å². The van der Waals surface area contributed by atoms with Crippen LogP contribution in [-0.4, -0.2) is 28.7 Å². The maximum atomic E-state index is 13.4. The van der Waals surface area contributed by atoms with Gasteiger partial charge in [-0.1, -0.05) is 12.1 Å². The molecule has 2 heterocycles. The van der Waals surface area contributed by atoms with Gasteiger partial charge in [0, 0.05) is 31.3 Å². The molecule has 0 saturated carbocycles. The molecule has 2 aromatic carbocycles. The molecule has 0 aliphatic carbocycles. The van der Waals surface area contributed by atoms with Crippen LogP contribution in [0.25, 0.3) is 5.78 Å². The molecule has 0 unspecified atom stereocenters. The summed E-state index contributed by atoms with van der Waals surface area (Å²) < 4.78 is 40.6. The SMILES string of the molecule is Cc1cc(S(=O)(=O)c2ccc(CNC(=O)c3cnc4nccn4c3)cc2)ccc1F. The number of carbonyl (C=O) groups is 1. The lowest BCUT2D eigenvalue weighted by atomic mass is 10.2. The standard InChI is InChI=1S/C21H17FN4O3S/c1-14-10-18(6-7-19(14)22)30(28,29)17-4-2-15(3-5-17)11-24-20(27)16-12-25-21-23-8-9-26(21)13-16/h2-10,12-13H,11H2,1H3,(H,24,27). The maximum Gasteiger partial charge on any atom is 0.254 e. The molecule has 4 aromatic rings. The quantitative estimate of drug-likeness (QED) is 0.497. The Bertz CT molecular complexity index is 1350. The van der Waals surface area contributed by atoms with Crippen LogP contribution in [-0.2, 0) is 16.4 Å². The van der Waals surface area contributed by atoms with Crippen molar-refractivity contribution in [1.82, 2.24) is 19.7 Å². The number of hydrogen-bond donors (Lipinski definition) is 1. The molecule has 1 N–H and O–H groups in total. The molecular formula is C21H17FN4O3S. The van der Waals surface area contributed by atoms with E-state index >= 15 is 0 Å². The van der Waals surface area contributed by atoms with Crippen molar-refractivity contribution < 1.29 is 17.6 Å². The highest BCUT2D eigenvalue weighted by molar-refractivity contribution is 7.91. The van der Waals surface area contributed by atoms with Crippen molar-refractivity contribution >= 4 is 21.5 Å². The van der Waals surface area contributed by atoms with E-state index in [0.717, 1.165) is 11.6 Å². The summed E-state index contributed by atoms with van der Waals surface area (Å²) in [6, 6.07) is 9.88. The summed E-state index contributed by atoms with van der Waals surface area (Å²) in [5.41, 5.74) is 1.37. The van der Waals surface area contributed by atoms with Crippen LogP contribution in [0.5, 0.6) is 0 Å². The van der Waals surface area contributed by atoms with Gasteiger partial charge in [-0.25, -0.2) is 22.8 Å². The molecule has 0 radical (unpaired) electrons. The van der Waals surface area contributed by atoms with Gasteiger partial charge in [-0.3, -0.25) is 9.20 Å². The molecule has 2 aromatic heterocycles. The number of fused-ring (bicyclic) bond motifs is 1. The highest BCUT2D eigenvalue weighted by Crippen LogP contribution is 2.23. The molecule has 0 saturated heterocycles. The second kappa shape index (κ2) is 7.68. The summed E-state index contributed by atoms with van der Waals surface area (Å²) in [7, 11) is -3.76. The van der Waals surface area contributed by atoms with E-state index in [-0.39, 0.29) is 27.8 Å². The van der Waals surface area contributed by atoms with Crippen LogP contribution in [0.1, 0.15) is 21.5 Å². The van der Waals surface area contributed by atoms with Crippen LogP contribution in [0, 0.1) is 12.7 Å². The third-order valence-electron chi connectivity index (χ3n) is 4.63. The lowest BCUT2D eigenvalue weighted by molar-refractivity contribution is 0.0950. The molecule has 0 spiro atoms. The lowest BCUT2D eigenvalue weighted by Crippen LogP contribution is -2.23. The van der Waals surface area contributed by atoms with E-state index < -0.39 is 15.7 Å². The second-order valence-corrected chi connectivity index (χ2v) is 8.67. The molecule has 0 fully saturated rings. The molecule has 30 heavy (non-hydrogen) atoms. The maximum absolute atomic E-state index is 13.4. The third kappa shape index (κ3) is 3.79. The van der Waals surface area contributed by atoms with Gasteiger partial charge < -0.3 is 5.32 Å². The summed E-state index contributed by atoms with van der Waals surface area (Å²) in [6.07, 6.45) is 6.36. The smallest absolute Gasteiger partial charge is 0.254 e. The van der Waals surface area contributed by atoms with Gasteiger partial charge in [0.2, 0.25) is 15.6 Å². The van der Waals surface area contributed by atoms with Crippen molar-refractivity contribution in [3.8, 4) is 0 Å². The van der Waals surface area contributed by atoms with E-state index in [2.05, 4.69) is 15.3 Å². The number of aryl methyl sites for hydroxylation is 1. The van der Waals surface area contributed by atoms with Gasteiger partial charge >= 0.3 is 0 Å². The van der Waals surface area contributed by atoms with Crippen molar-refractivity contribution in [3.63, 3.8) is 0 Å². The number of nitrogens with one attached hydrogen (secondary N) is 1. The van der Waals surface area contributed by atoms with E-state index in [1.54, 1.807) is 35.1 Å². The zero-order valence-electron chi connectivity index (χ0n) is 15.9. The number of halogens is 1. The minimum atomic E-state index is -3.76. The van der Waals surface area contributed by atoms with E-state index in [1.807, 2.05) is 0 Å². The number of hydrogen-bond acceptors (Lipinski definition) is 5. The van der Waals surface area contributed by atoms with Gasteiger partial charge in [0.05, 0.1) is 15.4 Å². The zero-order chi connectivity index (χ0) is 21.3. The Morgan fingerprint density at radius 3 is 2.57 bits per heavy atom. The highest BCUT2D eigenvalue weighted by Gasteiger charge is 2.18. The average Bonchev–Trinajstić information content (AvgIpc) is 3.22. The normalized spacial score (nSPS) is 11.5. The van der Waals surface area contributed by atoms with Gasteiger partial charge in [-0.2, -0.15) is 0 Å². The van der Waals surface area contributed by atoms with Crippen LogP contribution in [0.2, 0.25) is 0 Å². The first-order valence-electron chi connectivity index (χ1n) is 9.02. The van der Waals surface area contributed by atoms with Crippen LogP contribution >= 0.6 is 0 Å². The van der Waals surface area contributed by atoms with Crippen LogP contribution in [0.4, 0.5) is 4.39 Å². The summed E-state index contributed by atoms with van der Waals surface area (Å²) >= 11 is 0. The molecule has 9 heteroatoms. The summed E-state index contributed by atoms with van der Waals surface area (Å²) in [4.78, 5) is 20.6. The first kappa shape index (κ1) is 19.7. The van der Waals surface area contributed by atoms with Gasteiger partial charge in [-0.05, 0) is 48.4 Å². The second-order valence-electron chi connectivity index (χ2n) is 6.72. The number of carbonyl (C=O) groups excluding carboxylic acids is 1. The third-order valence-corrected chi connectivity index (χ3v) is 6.40. The minimum absolute atomic E-state index is 0.0323. The Kier molecular flexibility index (Phi) is 5.04. The van der Waals surface area contributed by atoms with Crippen molar-refractivity contribution in [2.45, 2.75) is 23.3 Å². The Hall–Kier alpha value is -3.59. The number of benzene rings is 2. The Morgan fingerprint density at radius 2 is 1.83 bits per heavy atom. The predicted molar refractivity (Wildman–Crippen MR) is 107 cm³/mol. The molecule has 0 aliphatic heterocycles. The monoisotopic (exact) mass is 424 g/mol. The molecule has 7 nitrogen and oxygen atoms in total. The van der Waals surface area contributed by atoms with E-state index in [1.165, 1.54) is 37.4 Å². The zero-order valence-corrected chi connectivity index (χ0v) is 16.7. The molecular weight excluding hydrogens is 407 g/mol. The van der Waals surface area contributed by atoms with Crippen molar-refractivity contribution in [3.05, 3.63) is 89.8 Å². The van der Waals surface area contributed by atoms with Crippen LogP contribution in [0.3, 0.4) is 0 Å². The van der Waals surface area contributed by atoms with E-state index in [4.69, 9.17) is 0 Å². The number of rotatable bonds is 5. The minimum Gasteiger partial charge on any atom is -0.348 e. The summed E-state index contributed by atoms with van der Waals surface area (Å²) in [6.45, 7) is 1.73. The first-order valence-corrected chi connectivity index (χ1v) is 10.5. The molecule has 152 valence electrons. The fourth-order valence-corrected chi connectivity index (χ4v) is 4.27. The fraction of sp³-hybridized carbons (Fsp3) is 0.0952.